The third kappa shape index (κ3) is 4.84. The summed E-state index contributed by atoms with van der Waals surface area (Å²) in [5.41, 5.74) is -1.31. The van der Waals surface area contributed by atoms with Crippen LogP contribution >= 0.6 is 11.8 Å². The van der Waals surface area contributed by atoms with Gasteiger partial charge in [0.05, 0.1) is 6.54 Å². The van der Waals surface area contributed by atoms with Gasteiger partial charge in [0.25, 0.3) is 5.91 Å². The minimum Gasteiger partial charge on any atom is -0.480 e. The first kappa shape index (κ1) is 29.6. The molecule has 3 aliphatic rings. The third-order valence-electron chi connectivity index (χ3n) is 7.75. The van der Waals surface area contributed by atoms with Gasteiger partial charge in [0.2, 0.25) is 18.0 Å². The summed E-state index contributed by atoms with van der Waals surface area (Å²) in [4.78, 5) is 93.1. The standard InChI is InChI=1S/C28H28N6O8S/c1-2-32-13-14-33(22(38)21(32)37)26(42)30-19(17-9-5-3-6-10-17)20(36)31-28(29-16-35)23(39)34-15-27(25(40)41,43-24(28)34)18-11-7-4-8-12-18/h3-12,16,19,24H,2,13-15H2,1H3,(H,29,35)(H,30,42)(H,31,36)(H,40,41)/t19-,24-,27+,28?/m1/s1. The summed E-state index contributed by atoms with van der Waals surface area (Å²) in [5.74, 6) is -4.75. The Morgan fingerprint density at radius 3 is 2.28 bits per heavy atom. The van der Waals surface area contributed by atoms with E-state index in [2.05, 4.69) is 16.0 Å². The van der Waals surface area contributed by atoms with Crippen molar-refractivity contribution in [3.05, 3.63) is 71.8 Å². The summed E-state index contributed by atoms with van der Waals surface area (Å²) in [6.07, 6.45) is 0.229. The number of fused-ring (bicyclic) bond motifs is 1. The molecule has 5 rings (SSSR count). The first-order valence-corrected chi connectivity index (χ1v) is 14.2. The molecule has 224 valence electrons. The number of carbonyl (C=O) groups is 7. The van der Waals surface area contributed by atoms with Crippen molar-refractivity contribution < 1.29 is 38.7 Å². The molecule has 3 saturated heterocycles. The molecule has 3 aliphatic heterocycles. The minimum atomic E-state index is -2.02. The van der Waals surface area contributed by atoms with Gasteiger partial charge < -0.3 is 30.9 Å². The zero-order valence-corrected chi connectivity index (χ0v) is 23.7. The number of β-lactam (4-membered cyclic amide) rings is 1. The molecule has 0 radical (unpaired) electrons. The molecule has 2 aromatic carbocycles. The van der Waals surface area contributed by atoms with Gasteiger partial charge in [-0.2, -0.15) is 0 Å². The fourth-order valence-corrected chi connectivity index (χ4v) is 7.12. The molecule has 0 bridgehead atoms. The lowest BCUT2D eigenvalue weighted by atomic mass is 9.92. The molecule has 0 aromatic heterocycles. The molecule has 4 N–H and O–H groups in total. The number of rotatable bonds is 9. The van der Waals surface area contributed by atoms with Crippen LogP contribution in [0.4, 0.5) is 4.79 Å². The van der Waals surface area contributed by atoms with Gasteiger partial charge >= 0.3 is 23.8 Å². The number of likely N-dealkylation sites (N-methyl/N-ethyl adjacent to an activating group) is 1. The van der Waals surface area contributed by atoms with Crippen LogP contribution in [-0.4, -0.2) is 99.1 Å². The quantitative estimate of drug-likeness (QED) is 0.127. The molecule has 2 aromatic rings. The van der Waals surface area contributed by atoms with Crippen molar-refractivity contribution in [3.8, 4) is 0 Å². The maximum atomic E-state index is 13.8. The van der Waals surface area contributed by atoms with E-state index in [1.165, 1.54) is 21.9 Å². The molecule has 3 heterocycles. The predicted molar refractivity (Wildman–Crippen MR) is 151 cm³/mol. The number of nitrogens with one attached hydrogen (secondary N) is 3. The Hall–Kier alpha value is -4.92. The van der Waals surface area contributed by atoms with Crippen molar-refractivity contribution in [1.29, 1.82) is 0 Å². The summed E-state index contributed by atoms with van der Waals surface area (Å²) in [7, 11) is 0. The maximum Gasteiger partial charge on any atom is 0.326 e. The first-order chi connectivity index (χ1) is 20.6. The zero-order chi connectivity index (χ0) is 30.9. The Bertz CT molecular complexity index is 1490. The van der Waals surface area contributed by atoms with Gasteiger partial charge in [-0.25, -0.2) is 4.79 Å². The Labute approximate surface area is 249 Å². The molecule has 0 saturated carbocycles. The molecular weight excluding hydrogens is 580 g/mol. The average Bonchev–Trinajstić information content (AvgIpc) is 3.41. The highest BCUT2D eigenvalue weighted by atomic mass is 32.2. The number of thioether (sulfide) groups is 1. The summed E-state index contributed by atoms with van der Waals surface area (Å²) < 4.78 is -1.57. The van der Waals surface area contributed by atoms with E-state index in [0.717, 1.165) is 11.8 Å². The van der Waals surface area contributed by atoms with Gasteiger partial charge in [0, 0.05) is 19.6 Å². The molecule has 43 heavy (non-hydrogen) atoms. The van der Waals surface area contributed by atoms with Crippen LogP contribution in [-0.2, 0) is 33.5 Å². The van der Waals surface area contributed by atoms with Crippen molar-refractivity contribution in [1.82, 2.24) is 30.7 Å². The summed E-state index contributed by atoms with van der Waals surface area (Å²) >= 11 is 0.896. The molecular formula is C28H28N6O8S. The van der Waals surface area contributed by atoms with Gasteiger partial charge in [-0.3, -0.25) is 33.7 Å². The second-order valence-electron chi connectivity index (χ2n) is 10.1. The lowest BCUT2D eigenvalue weighted by Gasteiger charge is -2.51. The van der Waals surface area contributed by atoms with Gasteiger partial charge in [0.15, 0.2) is 4.75 Å². The molecule has 0 spiro atoms. The molecule has 4 atom stereocenters. The number of hydrogen-bond donors (Lipinski definition) is 4. The van der Waals surface area contributed by atoms with Crippen LogP contribution in [0.15, 0.2) is 60.7 Å². The monoisotopic (exact) mass is 608 g/mol. The van der Waals surface area contributed by atoms with E-state index in [4.69, 9.17) is 0 Å². The maximum absolute atomic E-state index is 13.8. The van der Waals surface area contributed by atoms with Gasteiger partial charge in [-0.05, 0) is 18.1 Å². The number of nitrogens with zero attached hydrogens (tertiary/aromatic N) is 3. The van der Waals surface area contributed by atoms with Gasteiger partial charge in [-0.15, -0.1) is 11.8 Å². The zero-order valence-electron chi connectivity index (χ0n) is 22.9. The van der Waals surface area contributed by atoms with Crippen molar-refractivity contribution in [2.45, 2.75) is 28.7 Å². The second kappa shape index (κ2) is 11.4. The van der Waals surface area contributed by atoms with E-state index in [9.17, 15) is 38.7 Å². The lowest BCUT2D eigenvalue weighted by molar-refractivity contribution is -0.163. The van der Waals surface area contributed by atoms with E-state index in [1.54, 1.807) is 55.5 Å². The Kier molecular flexibility index (Phi) is 7.84. The SMILES string of the molecule is CCN1CCN(C(=O)N[C@@H](C(=O)NC2(NC=O)C(=O)N3C[C@@](C(=O)O)(c4ccccc4)S[C@@H]32)c2ccccc2)C(=O)C1=O. The van der Waals surface area contributed by atoms with E-state index in [-0.39, 0.29) is 31.6 Å². The van der Waals surface area contributed by atoms with Gasteiger partial charge in [-0.1, -0.05) is 60.7 Å². The number of aliphatic carboxylic acids is 1. The molecule has 15 heteroatoms. The molecule has 0 aliphatic carbocycles. The van der Waals surface area contributed by atoms with Crippen molar-refractivity contribution in [2.24, 2.45) is 0 Å². The Morgan fingerprint density at radius 1 is 1.02 bits per heavy atom. The van der Waals surface area contributed by atoms with Crippen LogP contribution in [0.5, 0.6) is 0 Å². The van der Waals surface area contributed by atoms with Crippen molar-refractivity contribution in [2.75, 3.05) is 26.2 Å². The second-order valence-corrected chi connectivity index (χ2v) is 11.5. The Balaban J connectivity index is 1.42. The fourth-order valence-electron chi connectivity index (χ4n) is 5.45. The topological polar surface area (TPSA) is 186 Å². The first-order valence-electron chi connectivity index (χ1n) is 13.4. The van der Waals surface area contributed by atoms with Crippen LogP contribution in [0, 0.1) is 0 Å². The number of imide groups is 1. The van der Waals surface area contributed by atoms with Crippen LogP contribution in [0.3, 0.4) is 0 Å². The fraction of sp³-hybridized carbons (Fsp3) is 0.321. The number of carbonyl (C=O) groups excluding carboxylic acids is 6. The Morgan fingerprint density at radius 2 is 1.67 bits per heavy atom. The smallest absolute Gasteiger partial charge is 0.326 e. The highest BCUT2D eigenvalue weighted by Gasteiger charge is 2.71. The number of amides is 7. The molecule has 1 unspecified atom stereocenters. The number of hydrogen-bond acceptors (Lipinski definition) is 8. The molecule has 14 nitrogen and oxygen atoms in total. The average molecular weight is 609 g/mol. The number of carboxylic acids is 1. The highest BCUT2D eigenvalue weighted by molar-refractivity contribution is 8.02. The van der Waals surface area contributed by atoms with E-state index < -0.39 is 57.5 Å². The normalized spacial score (nSPS) is 25.4. The largest absolute Gasteiger partial charge is 0.480 e. The number of urea groups is 1. The van der Waals surface area contributed by atoms with Crippen molar-refractivity contribution >= 4 is 53.8 Å². The highest BCUT2D eigenvalue weighted by Crippen LogP contribution is 2.55. The van der Waals surface area contributed by atoms with Crippen molar-refractivity contribution in [3.63, 3.8) is 0 Å². The number of carboxylic acid groups (broad SMARTS) is 1. The van der Waals surface area contributed by atoms with Gasteiger partial charge in [0.1, 0.15) is 11.4 Å². The van der Waals surface area contributed by atoms with Crippen LogP contribution in [0.25, 0.3) is 0 Å². The van der Waals surface area contributed by atoms with E-state index in [1.807, 2.05) is 0 Å². The summed E-state index contributed by atoms with van der Waals surface area (Å²) in [5, 5.41) is 16.6. The lowest BCUT2D eigenvalue weighted by Crippen LogP contribution is -2.83. The molecule has 7 amide bonds. The van der Waals surface area contributed by atoms with E-state index >= 15 is 0 Å². The number of piperazine rings is 1. The third-order valence-corrected chi connectivity index (χ3v) is 9.52. The molecule has 3 fully saturated rings. The minimum absolute atomic E-state index is 0.0903. The summed E-state index contributed by atoms with van der Waals surface area (Å²) in [6, 6.07) is 13.8. The van der Waals surface area contributed by atoms with Crippen LogP contribution < -0.4 is 16.0 Å². The predicted octanol–water partition coefficient (Wildman–Crippen LogP) is -0.418. The summed E-state index contributed by atoms with van der Waals surface area (Å²) in [6.45, 7) is 1.81. The van der Waals surface area contributed by atoms with E-state index in [0.29, 0.717) is 17.0 Å². The van der Waals surface area contributed by atoms with Crippen LogP contribution in [0.1, 0.15) is 24.1 Å². The van der Waals surface area contributed by atoms with Crippen LogP contribution in [0.2, 0.25) is 0 Å². The number of benzene rings is 2.